The number of hydrogen-bond acceptors (Lipinski definition) is 6. The van der Waals surface area contributed by atoms with Gasteiger partial charge in [-0.25, -0.2) is 15.8 Å². The fraction of sp³-hybridized carbons (Fsp3) is 0.407. The second kappa shape index (κ2) is 9.91. The zero-order chi connectivity index (χ0) is 23.6. The number of nitrogens with zero attached hydrogens (tertiary/aromatic N) is 4. The highest BCUT2D eigenvalue weighted by Gasteiger charge is 2.29. The molecule has 8 nitrogen and oxygen atoms in total. The van der Waals surface area contributed by atoms with E-state index in [1.54, 1.807) is 0 Å². The Bertz CT molecular complexity index is 1270. The van der Waals surface area contributed by atoms with Gasteiger partial charge < -0.3 is 0 Å². The summed E-state index contributed by atoms with van der Waals surface area (Å²) in [6.45, 7) is 2.83. The van der Waals surface area contributed by atoms with Crippen molar-refractivity contribution in [2.24, 2.45) is 5.92 Å². The summed E-state index contributed by atoms with van der Waals surface area (Å²) in [5.41, 5.74) is 15.9. The van der Waals surface area contributed by atoms with Crippen LogP contribution in [0.3, 0.4) is 0 Å². The van der Waals surface area contributed by atoms with Crippen LogP contribution in [0, 0.1) is 5.92 Å². The van der Waals surface area contributed by atoms with Crippen molar-refractivity contribution < 1.29 is 0 Å². The Kier molecular flexibility index (Phi) is 6.35. The molecule has 1 saturated carbocycles. The molecule has 0 amide bonds. The van der Waals surface area contributed by atoms with Crippen LogP contribution in [0.4, 0.5) is 0 Å². The van der Waals surface area contributed by atoms with E-state index < -0.39 is 0 Å². The number of hydrogen-bond donors (Lipinski definition) is 4. The largest absolute Gasteiger partial charge is 0.280 e. The molecule has 2 aliphatic rings. The van der Waals surface area contributed by atoms with E-state index >= 15 is 0 Å². The summed E-state index contributed by atoms with van der Waals surface area (Å²) < 4.78 is 4.00. The minimum atomic E-state index is 0.0345. The van der Waals surface area contributed by atoms with Crippen LogP contribution in [-0.2, 0) is 13.0 Å². The van der Waals surface area contributed by atoms with Crippen LogP contribution in [-0.4, -0.2) is 25.6 Å². The Labute approximate surface area is 206 Å². The van der Waals surface area contributed by atoms with E-state index in [9.17, 15) is 0 Å². The highest BCUT2D eigenvalue weighted by Crippen LogP contribution is 2.31. The molecule has 1 saturated heterocycles. The molecule has 0 bridgehead atoms. The first-order chi connectivity index (χ1) is 17.3. The van der Waals surface area contributed by atoms with Gasteiger partial charge in [0, 0.05) is 18.7 Å². The summed E-state index contributed by atoms with van der Waals surface area (Å²) in [7, 11) is 0. The molecule has 2 fully saturated rings. The third-order valence-corrected chi connectivity index (χ3v) is 7.41. The number of rotatable bonds is 6. The standard InChI is InChI=1S/C27H34N8/c1-2-24-28-25-16-17-34(35(25)32-24)18-19-12-14-20(15-13-19)22-10-6-7-11-23(22)27-29-26(30-33-31-27)21-8-4-3-5-9-21/h6-7,10-17,21,26-27,29-31,33H,2-5,8-9,18H2,1H3. The minimum Gasteiger partial charge on any atom is -0.280 e. The number of aromatic nitrogens is 4. The number of aryl methyl sites for hydroxylation is 1. The minimum absolute atomic E-state index is 0.0345. The van der Waals surface area contributed by atoms with Crippen molar-refractivity contribution >= 4 is 5.65 Å². The van der Waals surface area contributed by atoms with Crippen LogP contribution >= 0.6 is 0 Å². The SMILES string of the molecule is CCc1nc2ccn(Cc3ccc(-c4ccccc4C4NNNC(C5CCCCC5)N4)cc3)n2n1. The lowest BCUT2D eigenvalue weighted by molar-refractivity contribution is 0.124. The first-order valence-electron chi connectivity index (χ1n) is 12.9. The second-order valence-corrected chi connectivity index (χ2v) is 9.72. The first-order valence-corrected chi connectivity index (χ1v) is 12.9. The summed E-state index contributed by atoms with van der Waals surface area (Å²) in [6, 6.07) is 19.5. The van der Waals surface area contributed by atoms with Gasteiger partial charge in [0.2, 0.25) is 0 Å². The average molecular weight is 471 g/mol. The van der Waals surface area contributed by atoms with Crippen LogP contribution in [0.1, 0.15) is 62.1 Å². The van der Waals surface area contributed by atoms with E-state index in [4.69, 9.17) is 0 Å². The molecule has 8 heteroatoms. The Balaban J connectivity index is 1.21. The van der Waals surface area contributed by atoms with Crippen molar-refractivity contribution in [1.82, 2.24) is 41.1 Å². The van der Waals surface area contributed by atoms with Gasteiger partial charge in [0.25, 0.3) is 0 Å². The van der Waals surface area contributed by atoms with Gasteiger partial charge in [-0.15, -0.1) is 5.10 Å². The Hall–Kier alpha value is -3.04. The maximum Gasteiger partial charge on any atom is 0.175 e. The molecule has 1 aliphatic heterocycles. The maximum absolute atomic E-state index is 4.60. The lowest BCUT2D eigenvalue weighted by Crippen LogP contribution is -2.66. The number of fused-ring (bicyclic) bond motifs is 1. The molecule has 4 aromatic rings. The normalized spacial score (nSPS) is 21.5. The topological polar surface area (TPSA) is 83.2 Å². The monoisotopic (exact) mass is 470 g/mol. The van der Waals surface area contributed by atoms with Gasteiger partial charge in [0.15, 0.2) is 11.5 Å². The number of nitrogens with one attached hydrogen (secondary N) is 4. The van der Waals surface area contributed by atoms with Gasteiger partial charge in [0.1, 0.15) is 0 Å². The van der Waals surface area contributed by atoms with Crippen molar-refractivity contribution in [2.45, 2.75) is 64.3 Å². The highest BCUT2D eigenvalue weighted by molar-refractivity contribution is 5.68. The van der Waals surface area contributed by atoms with Crippen molar-refractivity contribution in [1.29, 1.82) is 0 Å². The summed E-state index contributed by atoms with van der Waals surface area (Å²) in [6.07, 6.45) is 9.77. The lowest BCUT2D eigenvalue weighted by atomic mass is 9.86. The predicted octanol–water partition coefficient (Wildman–Crippen LogP) is 3.92. The van der Waals surface area contributed by atoms with Gasteiger partial charge in [-0.1, -0.05) is 74.7 Å². The molecule has 3 heterocycles. The predicted molar refractivity (Wildman–Crippen MR) is 137 cm³/mol. The summed E-state index contributed by atoms with van der Waals surface area (Å²) in [5.74, 6) is 1.53. The van der Waals surface area contributed by atoms with E-state index in [0.717, 1.165) is 24.4 Å². The first kappa shape index (κ1) is 22.4. The molecule has 182 valence electrons. The molecule has 0 spiro atoms. The fourth-order valence-electron chi connectivity index (χ4n) is 5.47. The molecule has 2 unspecified atom stereocenters. The van der Waals surface area contributed by atoms with Crippen molar-refractivity contribution in [2.75, 3.05) is 0 Å². The van der Waals surface area contributed by atoms with Gasteiger partial charge >= 0.3 is 0 Å². The van der Waals surface area contributed by atoms with Gasteiger partial charge in [-0.3, -0.25) is 10.00 Å². The van der Waals surface area contributed by atoms with E-state index in [2.05, 4.69) is 91.9 Å². The molecule has 6 rings (SSSR count). The average Bonchev–Trinajstić information content (AvgIpc) is 3.51. The van der Waals surface area contributed by atoms with Gasteiger partial charge in [-0.05, 0) is 41.0 Å². The molecule has 35 heavy (non-hydrogen) atoms. The van der Waals surface area contributed by atoms with Crippen molar-refractivity contribution in [3.63, 3.8) is 0 Å². The highest BCUT2D eigenvalue weighted by atomic mass is 15.7. The lowest BCUT2D eigenvalue weighted by Gasteiger charge is -2.39. The van der Waals surface area contributed by atoms with Crippen LogP contribution in [0.2, 0.25) is 0 Å². The molecule has 1 aliphatic carbocycles. The third kappa shape index (κ3) is 4.62. The van der Waals surface area contributed by atoms with Crippen LogP contribution in [0.5, 0.6) is 0 Å². The number of benzene rings is 2. The Morgan fingerprint density at radius 2 is 1.77 bits per heavy atom. The molecule has 4 N–H and O–H groups in total. The second-order valence-electron chi connectivity index (χ2n) is 9.72. The molecular formula is C27H34N8. The van der Waals surface area contributed by atoms with Gasteiger partial charge in [-0.2, -0.15) is 10.2 Å². The molecule has 2 aromatic carbocycles. The van der Waals surface area contributed by atoms with E-state index in [1.807, 2.05) is 16.9 Å². The van der Waals surface area contributed by atoms with Crippen molar-refractivity contribution in [3.05, 3.63) is 77.7 Å². The van der Waals surface area contributed by atoms with E-state index in [0.29, 0.717) is 5.92 Å². The molecule has 2 aromatic heterocycles. The fourth-order valence-corrected chi connectivity index (χ4v) is 5.47. The molecular weight excluding hydrogens is 436 g/mol. The molecule has 2 atom stereocenters. The Morgan fingerprint density at radius 1 is 0.943 bits per heavy atom. The summed E-state index contributed by atoms with van der Waals surface area (Å²) in [5, 5.41) is 8.41. The van der Waals surface area contributed by atoms with E-state index in [1.165, 1.54) is 54.4 Å². The van der Waals surface area contributed by atoms with E-state index in [-0.39, 0.29) is 12.3 Å². The van der Waals surface area contributed by atoms with Crippen LogP contribution < -0.4 is 21.7 Å². The van der Waals surface area contributed by atoms with Crippen LogP contribution in [0.15, 0.2) is 60.8 Å². The van der Waals surface area contributed by atoms with Crippen LogP contribution in [0.25, 0.3) is 16.8 Å². The summed E-state index contributed by atoms with van der Waals surface area (Å²) >= 11 is 0. The zero-order valence-corrected chi connectivity index (χ0v) is 20.2. The van der Waals surface area contributed by atoms with Gasteiger partial charge in [0.05, 0.1) is 18.9 Å². The smallest absolute Gasteiger partial charge is 0.175 e. The van der Waals surface area contributed by atoms with Crippen molar-refractivity contribution in [3.8, 4) is 11.1 Å². The number of hydrazine groups is 2. The third-order valence-electron chi connectivity index (χ3n) is 7.41. The Morgan fingerprint density at radius 3 is 2.60 bits per heavy atom. The molecule has 0 radical (unpaired) electrons. The summed E-state index contributed by atoms with van der Waals surface area (Å²) in [4.78, 5) is 4.55. The maximum atomic E-state index is 4.60. The zero-order valence-electron chi connectivity index (χ0n) is 20.2. The quantitative estimate of drug-likeness (QED) is 0.342.